The molecule has 0 aliphatic carbocycles. The van der Waals surface area contributed by atoms with Gasteiger partial charge in [-0.15, -0.1) is 0 Å². The summed E-state index contributed by atoms with van der Waals surface area (Å²) < 4.78 is 1.57. The van der Waals surface area contributed by atoms with Crippen LogP contribution in [-0.2, 0) is 17.8 Å². The first kappa shape index (κ1) is 18.0. The number of aryl methyl sites for hydroxylation is 1. The van der Waals surface area contributed by atoms with E-state index in [1.165, 1.54) is 10.9 Å². The number of hydrogen-bond donors (Lipinski definition) is 2. The molecule has 0 fully saturated rings. The molecule has 0 saturated carbocycles. The van der Waals surface area contributed by atoms with Crippen molar-refractivity contribution in [1.29, 1.82) is 0 Å². The Bertz CT molecular complexity index is 1180. The zero-order chi connectivity index (χ0) is 19.3. The van der Waals surface area contributed by atoms with E-state index in [-0.39, 0.29) is 11.5 Å². The van der Waals surface area contributed by atoms with Gasteiger partial charge in [-0.3, -0.25) is 14.2 Å². The molecule has 28 heavy (non-hydrogen) atoms. The standard InChI is InChI=1S/C22H22N4O2/c27-21(23-12-11-16-14-24-19-8-3-1-6-17(16)19)10-5-13-26-15-25-20-9-4-2-7-18(20)22(26)28/h1-4,6-9,14-15,24H,5,10-13H2,(H,23,27). The van der Waals surface area contributed by atoms with Gasteiger partial charge in [-0.05, 0) is 36.6 Å². The number of carbonyl (C=O) groups excluding carboxylic acids is 1. The molecule has 4 aromatic rings. The first-order valence-corrected chi connectivity index (χ1v) is 9.48. The Hall–Kier alpha value is -3.41. The average molecular weight is 374 g/mol. The number of aromatic nitrogens is 3. The average Bonchev–Trinajstić information content (AvgIpc) is 3.13. The van der Waals surface area contributed by atoms with Gasteiger partial charge in [-0.25, -0.2) is 4.98 Å². The maximum atomic E-state index is 12.4. The van der Waals surface area contributed by atoms with Crippen LogP contribution in [-0.4, -0.2) is 27.0 Å². The second-order valence-corrected chi connectivity index (χ2v) is 6.82. The highest BCUT2D eigenvalue weighted by Crippen LogP contribution is 2.17. The van der Waals surface area contributed by atoms with Crippen LogP contribution in [0.2, 0.25) is 0 Å². The molecule has 0 radical (unpaired) electrons. The number of benzene rings is 2. The largest absolute Gasteiger partial charge is 0.361 e. The Morgan fingerprint density at radius 2 is 1.86 bits per heavy atom. The molecule has 6 heteroatoms. The fourth-order valence-corrected chi connectivity index (χ4v) is 3.44. The minimum absolute atomic E-state index is 0.00152. The van der Waals surface area contributed by atoms with Gasteiger partial charge in [-0.2, -0.15) is 0 Å². The van der Waals surface area contributed by atoms with Crippen molar-refractivity contribution in [3.63, 3.8) is 0 Å². The summed E-state index contributed by atoms with van der Waals surface area (Å²) in [7, 11) is 0. The van der Waals surface area contributed by atoms with Crippen LogP contribution in [0, 0.1) is 0 Å². The summed E-state index contributed by atoms with van der Waals surface area (Å²) in [6, 6.07) is 15.4. The predicted octanol–water partition coefficient (Wildman–Crippen LogP) is 3.02. The lowest BCUT2D eigenvalue weighted by atomic mass is 10.1. The topological polar surface area (TPSA) is 79.8 Å². The molecule has 0 bridgehead atoms. The molecule has 0 aliphatic heterocycles. The number of hydrogen-bond acceptors (Lipinski definition) is 3. The third-order valence-corrected chi connectivity index (χ3v) is 4.93. The molecule has 142 valence electrons. The second kappa shape index (κ2) is 8.08. The minimum Gasteiger partial charge on any atom is -0.361 e. The van der Waals surface area contributed by atoms with Crippen LogP contribution in [0.25, 0.3) is 21.8 Å². The summed E-state index contributed by atoms with van der Waals surface area (Å²) in [5.41, 5.74) is 2.94. The number of amides is 1. The summed E-state index contributed by atoms with van der Waals surface area (Å²) in [6.07, 6.45) is 5.31. The quantitative estimate of drug-likeness (QED) is 0.522. The maximum absolute atomic E-state index is 12.4. The molecule has 0 saturated heterocycles. The highest BCUT2D eigenvalue weighted by atomic mass is 16.1. The SMILES string of the molecule is O=C(CCCn1cnc2ccccc2c1=O)NCCc1c[nH]c2ccccc12. The Kier molecular flexibility index (Phi) is 5.19. The number of para-hydroxylation sites is 2. The monoisotopic (exact) mass is 374 g/mol. The normalized spacial score (nSPS) is 11.1. The van der Waals surface area contributed by atoms with Crippen molar-refractivity contribution in [1.82, 2.24) is 19.9 Å². The van der Waals surface area contributed by atoms with E-state index in [2.05, 4.69) is 21.4 Å². The number of H-pyrrole nitrogens is 1. The third kappa shape index (κ3) is 3.81. The van der Waals surface area contributed by atoms with Crippen LogP contribution < -0.4 is 10.9 Å². The van der Waals surface area contributed by atoms with Crippen molar-refractivity contribution >= 4 is 27.7 Å². The minimum atomic E-state index is -0.0645. The first-order chi connectivity index (χ1) is 13.7. The van der Waals surface area contributed by atoms with E-state index >= 15 is 0 Å². The molecule has 2 heterocycles. The summed E-state index contributed by atoms with van der Waals surface area (Å²) in [4.78, 5) is 32.1. The van der Waals surface area contributed by atoms with E-state index < -0.39 is 0 Å². The summed E-state index contributed by atoms with van der Waals surface area (Å²) >= 11 is 0. The molecule has 0 spiro atoms. The van der Waals surface area contributed by atoms with Crippen LogP contribution in [0.3, 0.4) is 0 Å². The van der Waals surface area contributed by atoms with Gasteiger partial charge in [0.05, 0.1) is 17.2 Å². The summed E-state index contributed by atoms with van der Waals surface area (Å²) in [5, 5.41) is 4.76. The van der Waals surface area contributed by atoms with Crippen LogP contribution in [0.4, 0.5) is 0 Å². The Morgan fingerprint density at radius 3 is 2.75 bits per heavy atom. The molecule has 4 rings (SSSR count). The summed E-state index contributed by atoms with van der Waals surface area (Å²) in [5.74, 6) is 0.00152. The van der Waals surface area contributed by atoms with Crippen molar-refractivity contribution in [2.45, 2.75) is 25.8 Å². The number of aromatic amines is 1. The van der Waals surface area contributed by atoms with E-state index in [0.717, 1.165) is 11.9 Å². The van der Waals surface area contributed by atoms with Crippen molar-refractivity contribution in [2.24, 2.45) is 0 Å². The smallest absolute Gasteiger partial charge is 0.261 e. The van der Waals surface area contributed by atoms with Crippen LogP contribution in [0.5, 0.6) is 0 Å². The molecule has 0 unspecified atom stereocenters. The number of carbonyl (C=O) groups is 1. The Labute approximate surface area is 162 Å². The van der Waals surface area contributed by atoms with E-state index in [9.17, 15) is 9.59 Å². The molecular weight excluding hydrogens is 352 g/mol. The fraction of sp³-hybridized carbons (Fsp3) is 0.227. The molecule has 2 aromatic carbocycles. The van der Waals surface area contributed by atoms with Gasteiger partial charge in [0.15, 0.2) is 0 Å². The van der Waals surface area contributed by atoms with Crippen molar-refractivity contribution in [2.75, 3.05) is 6.54 Å². The predicted molar refractivity (Wildman–Crippen MR) is 110 cm³/mol. The van der Waals surface area contributed by atoms with Crippen LogP contribution in [0.15, 0.2) is 65.8 Å². The third-order valence-electron chi connectivity index (χ3n) is 4.93. The Balaban J connectivity index is 1.26. The van der Waals surface area contributed by atoms with Gasteiger partial charge in [0.25, 0.3) is 5.56 Å². The van der Waals surface area contributed by atoms with E-state index in [1.807, 2.05) is 42.6 Å². The van der Waals surface area contributed by atoms with Gasteiger partial charge < -0.3 is 10.3 Å². The molecular formula is C22H22N4O2. The van der Waals surface area contributed by atoms with E-state index in [1.54, 1.807) is 17.0 Å². The molecule has 2 N–H and O–H groups in total. The number of nitrogens with one attached hydrogen (secondary N) is 2. The lowest BCUT2D eigenvalue weighted by molar-refractivity contribution is -0.121. The van der Waals surface area contributed by atoms with Crippen molar-refractivity contribution in [3.8, 4) is 0 Å². The molecule has 0 atom stereocenters. The number of nitrogens with zero attached hydrogens (tertiary/aromatic N) is 2. The zero-order valence-electron chi connectivity index (χ0n) is 15.5. The lowest BCUT2D eigenvalue weighted by Crippen LogP contribution is -2.26. The maximum Gasteiger partial charge on any atom is 0.261 e. The zero-order valence-corrected chi connectivity index (χ0v) is 15.5. The van der Waals surface area contributed by atoms with Crippen LogP contribution in [0.1, 0.15) is 18.4 Å². The van der Waals surface area contributed by atoms with Gasteiger partial charge >= 0.3 is 0 Å². The summed E-state index contributed by atoms with van der Waals surface area (Å²) in [6.45, 7) is 1.07. The van der Waals surface area contributed by atoms with E-state index in [0.29, 0.717) is 36.8 Å². The number of fused-ring (bicyclic) bond motifs is 2. The number of rotatable bonds is 7. The van der Waals surface area contributed by atoms with Crippen molar-refractivity contribution < 1.29 is 4.79 Å². The first-order valence-electron chi connectivity index (χ1n) is 9.48. The lowest BCUT2D eigenvalue weighted by Gasteiger charge is -2.07. The van der Waals surface area contributed by atoms with Gasteiger partial charge in [0.1, 0.15) is 0 Å². The fourth-order valence-electron chi connectivity index (χ4n) is 3.44. The molecule has 0 aliphatic rings. The van der Waals surface area contributed by atoms with Gasteiger partial charge in [-0.1, -0.05) is 30.3 Å². The van der Waals surface area contributed by atoms with Gasteiger partial charge in [0, 0.05) is 36.6 Å². The highest BCUT2D eigenvalue weighted by molar-refractivity contribution is 5.83. The van der Waals surface area contributed by atoms with E-state index in [4.69, 9.17) is 0 Å². The molecule has 2 aromatic heterocycles. The van der Waals surface area contributed by atoms with Crippen molar-refractivity contribution in [3.05, 3.63) is 77.0 Å². The molecule has 1 amide bonds. The Morgan fingerprint density at radius 1 is 1.07 bits per heavy atom. The highest BCUT2D eigenvalue weighted by Gasteiger charge is 2.06. The van der Waals surface area contributed by atoms with Crippen LogP contribution >= 0.6 is 0 Å². The molecule has 6 nitrogen and oxygen atoms in total. The second-order valence-electron chi connectivity index (χ2n) is 6.82. The van der Waals surface area contributed by atoms with Gasteiger partial charge in [0.2, 0.25) is 5.91 Å².